The van der Waals surface area contributed by atoms with Gasteiger partial charge in [0.05, 0.1) is 11.6 Å². The Labute approximate surface area is 179 Å². The molecule has 0 radical (unpaired) electrons. The first kappa shape index (κ1) is 22.6. The minimum absolute atomic E-state index is 0.246. The van der Waals surface area contributed by atoms with Crippen molar-refractivity contribution < 1.29 is 37.0 Å². The molecule has 164 valence electrons. The number of carbonyl (C=O) groups is 3. The summed E-state index contributed by atoms with van der Waals surface area (Å²) in [6.45, 7) is 4.75. The molecule has 4 rings (SSSR count). The lowest BCUT2D eigenvalue weighted by Crippen LogP contribution is -2.80. The van der Waals surface area contributed by atoms with E-state index >= 15 is 4.39 Å². The summed E-state index contributed by atoms with van der Waals surface area (Å²) in [5, 5.41) is 0. The molecule has 0 spiro atoms. The van der Waals surface area contributed by atoms with Gasteiger partial charge < -0.3 is 9.47 Å². The molecule has 3 aliphatic rings. The topological polar surface area (TPSA) is 72.9 Å². The summed E-state index contributed by atoms with van der Waals surface area (Å²) in [5.74, 6) is -4.26. The van der Waals surface area contributed by atoms with Crippen LogP contribution in [0.25, 0.3) is 0 Å². The molecule has 1 aromatic carbocycles. The molecule has 2 saturated heterocycles. The fraction of sp³-hybridized carbons (Fsp3) is 0.550. The predicted molar refractivity (Wildman–Crippen MR) is 102 cm³/mol. The minimum atomic E-state index is -2.53. The summed E-state index contributed by atoms with van der Waals surface area (Å²) in [5.41, 5.74) is -6.26. The Morgan fingerprint density at radius 2 is 1.87 bits per heavy atom. The van der Waals surface area contributed by atoms with Gasteiger partial charge in [0.1, 0.15) is 17.2 Å². The van der Waals surface area contributed by atoms with Crippen molar-refractivity contribution in [3.8, 4) is 0 Å². The number of alkyl halides is 1. The third-order valence-corrected chi connectivity index (χ3v) is 5.88. The molecule has 2 aliphatic heterocycles. The van der Waals surface area contributed by atoms with Crippen molar-refractivity contribution in [1.29, 1.82) is 0 Å². The quantitative estimate of drug-likeness (QED) is 0.364. The summed E-state index contributed by atoms with van der Waals surface area (Å²) in [6, 6.07) is 0.824. The predicted octanol–water partition coefficient (Wildman–Crippen LogP) is 3.87. The maximum atomic E-state index is 15.1. The van der Waals surface area contributed by atoms with Gasteiger partial charge in [0.25, 0.3) is 0 Å². The van der Waals surface area contributed by atoms with Gasteiger partial charge in [-0.1, -0.05) is 0 Å². The van der Waals surface area contributed by atoms with Crippen LogP contribution < -0.4 is 0 Å². The van der Waals surface area contributed by atoms with E-state index in [4.69, 9.17) is 9.47 Å². The van der Waals surface area contributed by atoms with Crippen LogP contribution in [-0.4, -0.2) is 52.7 Å². The van der Waals surface area contributed by atoms with Crippen LogP contribution in [0.4, 0.5) is 18.0 Å². The number of hydrogen-bond donors (Lipinski definition) is 0. The second-order valence-electron chi connectivity index (χ2n) is 8.60. The largest absolute Gasteiger partial charge is 0.467 e. The van der Waals surface area contributed by atoms with E-state index in [0.717, 1.165) is 24.1 Å². The third kappa shape index (κ3) is 3.48. The van der Waals surface area contributed by atoms with Crippen LogP contribution in [0, 0.1) is 11.6 Å². The first-order valence-electron chi connectivity index (χ1n) is 9.23. The van der Waals surface area contributed by atoms with Crippen molar-refractivity contribution in [1.82, 2.24) is 4.90 Å². The number of hydrogen-bond acceptors (Lipinski definition) is 5. The molecule has 1 aliphatic carbocycles. The standard InChI is InChI=1S/C20H21BrF3NO5/c1-18(2,3)30-17(28)25-12-8-19(24,9-12)15(26)20(25,16(27)29-4)7-10-5-11(22)6-13(21)14(10)23/h5-6,12H,7-9H2,1-4H3. The monoisotopic (exact) mass is 491 g/mol. The molecular formula is C20H21BrF3NO5. The molecule has 6 nitrogen and oxygen atoms in total. The molecule has 1 unspecified atom stereocenters. The number of benzene rings is 1. The number of rotatable bonds is 3. The number of ketones is 1. The number of esters is 1. The number of Topliss-reactive ketones (excluding diaryl/α,β-unsaturated/α-hetero) is 1. The normalized spacial score (nSPS) is 28.1. The van der Waals surface area contributed by atoms with E-state index in [1.807, 2.05) is 0 Å². The second kappa shape index (κ2) is 7.25. The van der Waals surface area contributed by atoms with Gasteiger partial charge in [-0.15, -0.1) is 0 Å². The molecule has 30 heavy (non-hydrogen) atoms. The maximum Gasteiger partial charge on any atom is 0.411 e. The Morgan fingerprint density at radius 1 is 1.27 bits per heavy atom. The summed E-state index contributed by atoms with van der Waals surface area (Å²) in [7, 11) is 0.966. The molecular weight excluding hydrogens is 471 g/mol. The minimum Gasteiger partial charge on any atom is -0.467 e. The molecule has 1 saturated carbocycles. The number of methoxy groups -OCH3 is 1. The second-order valence-corrected chi connectivity index (χ2v) is 9.45. The number of ether oxygens (including phenoxy) is 2. The fourth-order valence-corrected chi connectivity index (χ4v) is 4.55. The Hall–Kier alpha value is -2.10. The Balaban J connectivity index is 2.18. The molecule has 10 heteroatoms. The average Bonchev–Trinajstić information content (AvgIpc) is 2.59. The Bertz CT molecular complexity index is 926. The zero-order valence-electron chi connectivity index (χ0n) is 16.9. The third-order valence-electron chi connectivity index (χ3n) is 5.31. The van der Waals surface area contributed by atoms with Gasteiger partial charge in [-0.3, -0.25) is 9.69 Å². The Kier molecular flexibility index (Phi) is 5.46. The highest BCUT2D eigenvalue weighted by Gasteiger charge is 2.73. The number of fused-ring (bicyclic) bond motifs is 2. The van der Waals surface area contributed by atoms with Gasteiger partial charge in [0.15, 0.2) is 5.67 Å². The van der Waals surface area contributed by atoms with Crippen molar-refractivity contribution in [2.75, 3.05) is 7.11 Å². The zero-order chi connectivity index (χ0) is 22.6. The van der Waals surface area contributed by atoms with Gasteiger partial charge in [0.2, 0.25) is 11.3 Å². The van der Waals surface area contributed by atoms with Crippen LogP contribution >= 0.6 is 15.9 Å². The lowest BCUT2D eigenvalue weighted by atomic mass is 9.60. The first-order valence-corrected chi connectivity index (χ1v) is 10.0. The van der Waals surface area contributed by atoms with Crippen LogP contribution in [0.5, 0.6) is 0 Å². The lowest BCUT2D eigenvalue weighted by Gasteiger charge is -2.59. The molecule has 2 bridgehead atoms. The zero-order valence-corrected chi connectivity index (χ0v) is 18.4. The smallest absolute Gasteiger partial charge is 0.411 e. The highest BCUT2D eigenvalue weighted by molar-refractivity contribution is 9.10. The Morgan fingerprint density at radius 3 is 2.40 bits per heavy atom. The molecule has 0 aromatic heterocycles. The molecule has 2 heterocycles. The van der Waals surface area contributed by atoms with Gasteiger partial charge in [-0.2, -0.15) is 0 Å². The maximum absolute atomic E-state index is 15.1. The van der Waals surface area contributed by atoms with E-state index in [2.05, 4.69) is 15.9 Å². The van der Waals surface area contributed by atoms with Crippen LogP contribution in [0.15, 0.2) is 16.6 Å². The molecule has 3 fully saturated rings. The highest BCUT2D eigenvalue weighted by atomic mass is 79.9. The number of piperidine rings is 2. The van der Waals surface area contributed by atoms with Gasteiger partial charge in [-0.05, 0) is 54.4 Å². The van der Waals surface area contributed by atoms with Crippen molar-refractivity contribution in [2.45, 2.75) is 62.9 Å². The fourth-order valence-electron chi connectivity index (χ4n) is 4.07. The van der Waals surface area contributed by atoms with Crippen molar-refractivity contribution in [3.63, 3.8) is 0 Å². The molecule has 1 aromatic rings. The lowest BCUT2D eigenvalue weighted by molar-refractivity contribution is -0.191. The summed E-state index contributed by atoms with van der Waals surface area (Å²) in [6.07, 6.45) is -2.45. The van der Waals surface area contributed by atoms with E-state index in [1.165, 1.54) is 0 Å². The SMILES string of the molecule is COC(=O)C1(Cc2cc(F)cc(Br)c2F)C(=O)C2(F)CC(C2)N1C(=O)OC(C)(C)C. The van der Waals surface area contributed by atoms with E-state index in [9.17, 15) is 23.2 Å². The van der Waals surface area contributed by atoms with Crippen LogP contribution in [0.3, 0.4) is 0 Å². The number of halogens is 4. The van der Waals surface area contributed by atoms with Gasteiger partial charge in [-0.25, -0.2) is 22.8 Å². The van der Waals surface area contributed by atoms with Crippen molar-refractivity contribution >= 4 is 33.8 Å². The van der Waals surface area contributed by atoms with Crippen LogP contribution in [0.2, 0.25) is 0 Å². The summed E-state index contributed by atoms with van der Waals surface area (Å²) >= 11 is 2.87. The van der Waals surface area contributed by atoms with E-state index in [1.54, 1.807) is 20.8 Å². The van der Waals surface area contributed by atoms with E-state index < -0.39 is 58.8 Å². The summed E-state index contributed by atoms with van der Waals surface area (Å²) in [4.78, 5) is 39.9. The van der Waals surface area contributed by atoms with Gasteiger partial charge in [0, 0.05) is 25.3 Å². The van der Waals surface area contributed by atoms with Gasteiger partial charge >= 0.3 is 12.1 Å². The number of amides is 1. The highest BCUT2D eigenvalue weighted by Crippen LogP contribution is 2.52. The van der Waals surface area contributed by atoms with E-state index in [-0.39, 0.29) is 22.9 Å². The average molecular weight is 492 g/mol. The van der Waals surface area contributed by atoms with Crippen LogP contribution in [0.1, 0.15) is 39.2 Å². The van der Waals surface area contributed by atoms with Crippen molar-refractivity contribution in [2.24, 2.45) is 0 Å². The number of nitrogens with zero attached hydrogens (tertiary/aromatic N) is 1. The molecule has 0 N–H and O–H groups in total. The van der Waals surface area contributed by atoms with Crippen molar-refractivity contribution in [3.05, 3.63) is 33.8 Å². The number of carbonyl (C=O) groups excluding carboxylic acids is 3. The van der Waals surface area contributed by atoms with E-state index in [0.29, 0.717) is 0 Å². The first-order chi connectivity index (χ1) is 13.7. The molecule has 1 amide bonds. The molecule has 1 atom stereocenters. The van der Waals surface area contributed by atoms with Crippen LogP contribution in [-0.2, 0) is 25.5 Å². The summed E-state index contributed by atoms with van der Waals surface area (Å²) < 4.78 is 53.6.